The quantitative estimate of drug-likeness (QED) is 0.739. The van der Waals surface area contributed by atoms with E-state index in [9.17, 15) is 4.39 Å². The Morgan fingerprint density at radius 2 is 2.14 bits per heavy atom. The minimum Gasteiger partial charge on any atom is -0.348 e. The molecule has 0 saturated heterocycles. The van der Waals surface area contributed by atoms with Crippen LogP contribution in [0.3, 0.4) is 0 Å². The maximum atomic E-state index is 14.0. The SMILES string of the molecule is Fc1cccc(Cl)c1CN(c1ccc2nnnn2n1)C1CC1. The lowest BCUT2D eigenvalue weighted by molar-refractivity contribution is 0.601. The van der Waals surface area contributed by atoms with Crippen LogP contribution in [0, 0.1) is 5.82 Å². The minimum atomic E-state index is -0.304. The van der Waals surface area contributed by atoms with Crippen LogP contribution in [0.1, 0.15) is 18.4 Å². The average molecular weight is 319 g/mol. The van der Waals surface area contributed by atoms with Crippen molar-refractivity contribution in [3.8, 4) is 0 Å². The number of tetrazole rings is 1. The Balaban J connectivity index is 1.71. The van der Waals surface area contributed by atoms with Crippen LogP contribution in [0.15, 0.2) is 30.3 Å². The minimum absolute atomic E-state index is 0.304. The summed E-state index contributed by atoms with van der Waals surface area (Å²) in [7, 11) is 0. The van der Waals surface area contributed by atoms with Crippen molar-refractivity contribution in [1.82, 2.24) is 25.3 Å². The molecule has 0 N–H and O–H groups in total. The summed E-state index contributed by atoms with van der Waals surface area (Å²) in [4.78, 5) is 2.05. The number of anilines is 1. The van der Waals surface area contributed by atoms with Crippen LogP contribution >= 0.6 is 11.6 Å². The highest BCUT2D eigenvalue weighted by Crippen LogP contribution is 2.33. The van der Waals surface area contributed by atoms with E-state index in [0.29, 0.717) is 34.6 Å². The van der Waals surface area contributed by atoms with E-state index in [1.54, 1.807) is 18.2 Å². The summed E-state index contributed by atoms with van der Waals surface area (Å²) in [5, 5.41) is 16.0. The number of hydrogen-bond donors (Lipinski definition) is 0. The van der Waals surface area contributed by atoms with Crippen molar-refractivity contribution in [2.24, 2.45) is 0 Å². The molecular weight excluding hydrogens is 307 g/mol. The maximum Gasteiger partial charge on any atom is 0.200 e. The average Bonchev–Trinajstić information content (AvgIpc) is 3.23. The molecule has 0 radical (unpaired) electrons. The van der Waals surface area contributed by atoms with E-state index in [-0.39, 0.29) is 5.82 Å². The molecule has 1 aliphatic rings. The zero-order chi connectivity index (χ0) is 15.1. The first-order valence-electron chi connectivity index (χ1n) is 6.97. The van der Waals surface area contributed by atoms with Gasteiger partial charge in [-0.3, -0.25) is 0 Å². The summed E-state index contributed by atoms with van der Waals surface area (Å²) < 4.78 is 15.4. The van der Waals surface area contributed by atoms with Gasteiger partial charge >= 0.3 is 0 Å². The lowest BCUT2D eigenvalue weighted by Gasteiger charge is -2.24. The van der Waals surface area contributed by atoms with Gasteiger partial charge in [-0.15, -0.1) is 14.8 Å². The Morgan fingerprint density at radius 3 is 2.91 bits per heavy atom. The van der Waals surface area contributed by atoms with Crippen LogP contribution < -0.4 is 4.90 Å². The van der Waals surface area contributed by atoms with Gasteiger partial charge < -0.3 is 4.90 Å². The number of aromatic nitrogens is 5. The molecule has 1 aliphatic carbocycles. The van der Waals surface area contributed by atoms with Gasteiger partial charge in [0.2, 0.25) is 0 Å². The van der Waals surface area contributed by atoms with E-state index in [0.717, 1.165) is 12.8 Å². The molecule has 0 amide bonds. The highest BCUT2D eigenvalue weighted by atomic mass is 35.5. The first-order chi connectivity index (χ1) is 10.7. The van der Waals surface area contributed by atoms with Gasteiger partial charge in [0.25, 0.3) is 0 Å². The highest BCUT2D eigenvalue weighted by Gasteiger charge is 2.31. The first-order valence-corrected chi connectivity index (χ1v) is 7.35. The van der Waals surface area contributed by atoms with Crippen LogP contribution in [-0.4, -0.2) is 31.3 Å². The van der Waals surface area contributed by atoms with Gasteiger partial charge in [-0.05, 0) is 47.5 Å². The zero-order valence-corrected chi connectivity index (χ0v) is 12.3. The molecule has 3 aromatic rings. The van der Waals surface area contributed by atoms with E-state index in [4.69, 9.17) is 11.6 Å². The van der Waals surface area contributed by atoms with E-state index in [2.05, 4.69) is 20.6 Å². The lowest BCUT2D eigenvalue weighted by Crippen LogP contribution is -2.27. The van der Waals surface area contributed by atoms with Crippen molar-refractivity contribution in [2.45, 2.75) is 25.4 Å². The van der Waals surface area contributed by atoms with Crippen LogP contribution in [0.4, 0.5) is 10.2 Å². The molecule has 6 nitrogen and oxygen atoms in total. The van der Waals surface area contributed by atoms with Crippen molar-refractivity contribution >= 4 is 23.1 Å². The van der Waals surface area contributed by atoms with E-state index < -0.39 is 0 Å². The number of nitrogens with zero attached hydrogens (tertiary/aromatic N) is 6. The Morgan fingerprint density at radius 1 is 1.27 bits per heavy atom. The van der Waals surface area contributed by atoms with Gasteiger partial charge in [0.05, 0.1) is 0 Å². The maximum absolute atomic E-state index is 14.0. The van der Waals surface area contributed by atoms with Crippen molar-refractivity contribution < 1.29 is 4.39 Å². The molecule has 22 heavy (non-hydrogen) atoms. The Hall–Kier alpha value is -2.28. The highest BCUT2D eigenvalue weighted by molar-refractivity contribution is 6.31. The second-order valence-electron chi connectivity index (χ2n) is 5.28. The summed E-state index contributed by atoms with van der Waals surface area (Å²) in [6.07, 6.45) is 2.11. The third kappa shape index (κ3) is 2.37. The number of halogens is 2. The molecule has 2 heterocycles. The molecule has 0 unspecified atom stereocenters. The summed E-state index contributed by atoms with van der Waals surface area (Å²) in [5.41, 5.74) is 1.05. The van der Waals surface area contributed by atoms with E-state index in [1.807, 2.05) is 11.0 Å². The Bertz CT molecular complexity index is 811. The third-order valence-electron chi connectivity index (χ3n) is 3.73. The summed E-state index contributed by atoms with van der Waals surface area (Å²) >= 11 is 6.14. The van der Waals surface area contributed by atoms with Crippen molar-refractivity contribution in [3.05, 3.63) is 46.7 Å². The molecule has 0 bridgehead atoms. The Labute approximate surface area is 130 Å². The molecule has 0 spiro atoms. The molecule has 1 fully saturated rings. The second kappa shape index (κ2) is 5.17. The van der Waals surface area contributed by atoms with E-state index >= 15 is 0 Å². The van der Waals surface area contributed by atoms with Gasteiger partial charge in [-0.25, -0.2) is 4.39 Å². The van der Waals surface area contributed by atoms with E-state index in [1.165, 1.54) is 10.7 Å². The first kappa shape index (κ1) is 13.4. The lowest BCUT2D eigenvalue weighted by atomic mass is 10.2. The van der Waals surface area contributed by atoms with Crippen LogP contribution in [0.5, 0.6) is 0 Å². The van der Waals surface area contributed by atoms with Crippen LogP contribution in [0.25, 0.3) is 5.65 Å². The summed E-state index contributed by atoms with van der Waals surface area (Å²) in [6, 6.07) is 8.71. The number of hydrogen-bond acceptors (Lipinski definition) is 5. The number of benzene rings is 1. The normalized spacial score (nSPS) is 14.5. The molecule has 1 aromatic carbocycles. The summed E-state index contributed by atoms with van der Waals surface area (Å²) in [6.45, 7) is 0.372. The molecule has 4 rings (SSSR count). The molecule has 0 aliphatic heterocycles. The smallest absolute Gasteiger partial charge is 0.200 e. The standard InChI is InChI=1S/C14H12ClFN6/c15-11-2-1-3-12(16)10(11)8-21(9-4-5-9)14-7-6-13-17-19-20-22(13)18-14/h1-3,6-7,9H,4-5,8H2. The monoisotopic (exact) mass is 318 g/mol. The molecule has 8 heteroatoms. The van der Waals surface area contributed by atoms with Gasteiger partial charge in [0, 0.05) is 23.2 Å². The fourth-order valence-corrected chi connectivity index (χ4v) is 2.65. The fourth-order valence-electron chi connectivity index (χ4n) is 2.43. The topological polar surface area (TPSA) is 59.2 Å². The van der Waals surface area contributed by atoms with Crippen molar-refractivity contribution in [2.75, 3.05) is 4.90 Å². The van der Waals surface area contributed by atoms with Crippen molar-refractivity contribution in [1.29, 1.82) is 0 Å². The van der Waals surface area contributed by atoms with Gasteiger partial charge in [-0.2, -0.15) is 0 Å². The predicted octanol–water partition coefficient (Wildman–Crippen LogP) is 2.48. The van der Waals surface area contributed by atoms with Gasteiger partial charge in [-0.1, -0.05) is 17.7 Å². The van der Waals surface area contributed by atoms with Gasteiger partial charge in [0.1, 0.15) is 5.82 Å². The molecule has 112 valence electrons. The van der Waals surface area contributed by atoms with Crippen LogP contribution in [0.2, 0.25) is 5.02 Å². The Kier molecular flexibility index (Phi) is 3.15. The zero-order valence-electron chi connectivity index (χ0n) is 11.5. The second-order valence-corrected chi connectivity index (χ2v) is 5.68. The van der Waals surface area contributed by atoms with Crippen molar-refractivity contribution in [3.63, 3.8) is 0 Å². The number of rotatable bonds is 4. The predicted molar refractivity (Wildman–Crippen MR) is 79.2 cm³/mol. The largest absolute Gasteiger partial charge is 0.348 e. The number of fused-ring (bicyclic) bond motifs is 1. The third-order valence-corrected chi connectivity index (χ3v) is 4.08. The van der Waals surface area contributed by atoms with Gasteiger partial charge in [0.15, 0.2) is 11.5 Å². The van der Waals surface area contributed by atoms with Crippen LogP contribution in [-0.2, 0) is 6.54 Å². The molecule has 1 saturated carbocycles. The summed E-state index contributed by atoms with van der Waals surface area (Å²) in [5.74, 6) is 0.406. The molecular formula is C14H12ClFN6. The molecule has 0 atom stereocenters. The molecule has 2 aromatic heterocycles. The fraction of sp³-hybridized carbons (Fsp3) is 0.286.